The zero-order valence-corrected chi connectivity index (χ0v) is 13.6. The van der Waals surface area contributed by atoms with Crippen LogP contribution in [0.5, 0.6) is 0 Å². The first-order valence-electron chi connectivity index (χ1n) is 7.57. The Bertz CT molecular complexity index is 602. The molecule has 0 fully saturated rings. The fourth-order valence-electron chi connectivity index (χ4n) is 2.81. The molecule has 0 aliphatic heterocycles. The number of rotatable bonds is 5. The van der Waals surface area contributed by atoms with Gasteiger partial charge in [0.1, 0.15) is 0 Å². The van der Waals surface area contributed by atoms with Gasteiger partial charge in [-0.25, -0.2) is 0 Å². The molecule has 2 nitrogen and oxygen atoms in total. The van der Waals surface area contributed by atoms with E-state index in [1.54, 1.807) is 0 Å². The predicted octanol–water partition coefficient (Wildman–Crippen LogP) is 3.83. The highest BCUT2D eigenvalue weighted by Crippen LogP contribution is 2.22. The lowest BCUT2D eigenvalue weighted by molar-refractivity contribution is 0.737. The molecule has 0 heterocycles. The second-order valence-corrected chi connectivity index (χ2v) is 6.15. The van der Waals surface area contributed by atoms with Crippen LogP contribution in [-0.2, 0) is 13.0 Å². The Labute approximate surface area is 128 Å². The monoisotopic (exact) mass is 282 g/mol. The van der Waals surface area contributed by atoms with Gasteiger partial charge in [0, 0.05) is 25.3 Å². The van der Waals surface area contributed by atoms with E-state index >= 15 is 0 Å². The lowest BCUT2D eigenvalue weighted by Crippen LogP contribution is -2.19. The van der Waals surface area contributed by atoms with Gasteiger partial charge in [0.25, 0.3) is 0 Å². The third-order valence-electron chi connectivity index (χ3n) is 3.73. The van der Waals surface area contributed by atoms with E-state index < -0.39 is 0 Å². The van der Waals surface area contributed by atoms with Gasteiger partial charge in [-0.05, 0) is 49.9 Å². The van der Waals surface area contributed by atoms with Crippen LogP contribution >= 0.6 is 0 Å². The van der Waals surface area contributed by atoms with Gasteiger partial charge in [0.15, 0.2) is 0 Å². The van der Waals surface area contributed by atoms with Crippen molar-refractivity contribution in [3.8, 4) is 0 Å². The lowest BCUT2D eigenvalue weighted by Gasteiger charge is -2.22. The van der Waals surface area contributed by atoms with Gasteiger partial charge >= 0.3 is 0 Å². The van der Waals surface area contributed by atoms with Crippen LogP contribution in [0.3, 0.4) is 0 Å². The summed E-state index contributed by atoms with van der Waals surface area (Å²) in [5.41, 5.74) is 12.4. The molecule has 2 heteroatoms. The van der Waals surface area contributed by atoms with Crippen LogP contribution in [0.25, 0.3) is 0 Å². The van der Waals surface area contributed by atoms with Crippen molar-refractivity contribution in [2.75, 3.05) is 11.9 Å². The molecule has 1 atom stereocenters. The van der Waals surface area contributed by atoms with Crippen LogP contribution in [0.2, 0.25) is 0 Å². The second-order valence-electron chi connectivity index (χ2n) is 6.15. The molecule has 0 aromatic heterocycles. The van der Waals surface area contributed by atoms with Crippen molar-refractivity contribution in [1.82, 2.24) is 0 Å². The van der Waals surface area contributed by atoms with Gasteiger partial charge < -0.3 is 10.6 Å². The number of anilines is 1. The number of hydrogen-bond acceptors (Lipinski definition) is 2. The van der Waals surface area contributed by atoms with Crippen molar-refractivity contribution in [3.63, 3.8) is 0 Å². The molecule has 0 aliphatic carbocycles. The van der Waals surface area contributed by atoms with Gasteiger partial charge in [0.05, 0.1) is 0 Å². The Morgan fingerprint density at radius 2 is 1.81 bits per heavy atom. The van der Waals surface area contributed by atoms with E-state index in [1.807, 2.05) is 6.92 Å². The fraction of sp³-hybridized carbons (Fsp3) is 0.368. The third-order valence-corrected chi connectivity index (χ3v) is 3.73. The van der Waals surface area contributed by atoms with Gasteiger partial charge in [0.2, 0.25) is 0 Å². The van der Waals surface area contributed by atoms with E-state index in [2.05, 4.69) is 68.3 Å². The molecule has 0 radical (unpaired) electrons. The minimum atomic E-state index is 0.209. The van der Waals surface area contributed by atoms with Crippen LogP contribution in [0.4, 0.5) is 5.69 Å². The summed E-state index contributed by atoms with van der Waals surface area (Å²) < 4.78 is 0. The van der Waals surface area contributed by atoms with Crippen LogP contribution in [0.15, 0.2) is 42.5 Å². The van der Waals surface area contributed by atoms with Gasteiger partial charge in [-0.3, -0.25) is 0 Å². The molecule has 2 rings (SSSR count). The molecule has 2 aromatic carbocycles. The van der Waals surface area contributed by atoms with E-state index in [4.69, 9.17) is 5.73 Å². The summed E-state index contributed by atoms with van der Waals surface area (Å²) in [4.78, 5) is 2.31. The summed E-state index contributed by atoms with van der Waals surface area (Å²) >= 11 is 0. The molecule has 0 saturated carbocycles. The molecule has 2 N–H and O–H groups in total. The highest BCUT2D eigenvalue weighted by Gasteiger charge is 2.07. The lowest BCUT2D eigenvalue weighted by atomic mass is 10.0. The first kappa shape index (κ1) is 15.6. The van der Waals surface area contributed by atoms with Crippen molar-refractivity contribution in [3.05, 3.63) is 64.7 Å². The summed E-state index contributed by atoms with van der Waals surface area (Å²) in [5, 5.41) is 0. The van der Waals surface area contributed by atoms with Crippen LogP contribution in [0.1, 0.15) is 29.2 Å². The van der Waals surface area contributed by atoms with Crippen molar-refractivity contribution in [2.24, 2.45) is 5.73 Å². The molecule has 0 amide bonds. The fourth-order valence-corrected chi connectivity index (χ4v) is 2.81. The molecular weight excluding hydrogens is 256 g/mol. The van der Waals surface area contributed by atoms with E-state index in [0.29, 0.717) is 0 Å². The minimum Gasteiger partial charge on any atom is -0.370 e. The summed E-state index contributed by atoms with van der Waals surface area (Å²) in [7, 11) is 2.15. The number of benzene rings is 2. The van der Waals surface area contributed by atoms with Crippen LogP contribution < -0.4 is 10.6 Å². The van der Waals surface area contributed by atoms with Crippen LogP contribution in [-0.4, -0.2) is 13.1 Å². The molecule has 0 spiro atoms. The Kier molecular flexibility index (Phi) is 5.03. The van der Waals surface area contributed by atoms with Gasteiger partial charge in [-0.15, -0.1) is 0 Å². The average molecular weight is 282 g/mol. The molecule has 0 saturated heterocycles. The number of nitrogens with two attached hydrogens (primary N) is 1. The maximum absolute atomic E-state index is 5.88. The van der Waals surface area contributed by atoms with Crippen LogP contribution in [0, 0.1) is 13.8 Å². The predicted molar refractivity (Wildman–Crippen MR) is 91.8 cm³/mol. The average Bonchev–Trinajstić information content (AvgIpc) is 2.37. The highest BCUT2D eigenvalue weighted by atomic mass is 15.1. The molecular formula is C19H26N2. The molecule has 21 heavy (non-hydrogen) atoms. The molecule has 2 aromatic rings. The zero-order valence-electron chi connectivity index (χ0n) is 13.6. The first-order valence-corrected chi connectivity index (χ1v) is 7.57. The Morgan fingerprint density at radius 3 is 2.43 bits per heavy atom. The summed E-state index contributed by atoms with van der Waals surface area (Å²) in [6.07, 6.45) is 0.933. The Morgan fingerprint density at radius 1 is 1.05 bits per heavy atom. The SMILES string of the molecule is Cc1cccc(CN(C)c2ccc(CC(C)N)cc2C)c1. The molecule has 0 bridgehead atoms. The van der Waals surface area contributed by atoms with Crippen molar-refractivity contribution < 1.29 is 0 Å². The standard InChI is InChI=1S/C19H26N2/c1-14-6-5-7-18(10-14)13-21(4)19-9-8-17(11-15(19)2)12-16(3)20/h5-11,16H,12-13,20H2,1-4H3. The van der Waals surface area contributed by atoms with Crippen molar-refractivity contribution >= 4 is 5.69 Å². The summed E-state index contributed by atoms with van der Waals surface area (Å²) in [5.74, 6) is 0. The Hall–Kier alpha value is -1.80. The molecule has 0 aliphatic rings. The molecule has 112 valence electrons. The maximum Gasteiger partial charge on any atom is 0.0426 e. The third kappa shape index (κ3) is 4.33. The minimum absolute atomic E-state index is 0.209. The van der Waals surface area contributed by atoms with E-state index in [-0.39, 0.29) is 6.04 Å². The second kappa shape index (κ2) is 6.77. The van der Waals surface area contributed by atoms with E-state index in [1.165, 1.54) is 27.9 Å². The Balaban J connectivity index is 2.13. The van der Waals surface area contributed by atoms with Crippen molar-refractivity contribution in [1.29, 1.82) is 0 Å². The quantitative estimate of drug-likeness (QED) is 0.903. The number of hydrogen-bond donors (Lipinski definition) is 1. The highest BCUT2D eigenvalue weighted by molar-refractivity contribution is 5.54. The first-order chi connectivity index (χ1) is 9.95. The summed E-state index contributed by atoms with van der Waals surface area (Å²) in [6.45, 7) is 7.28. The normalized spacial score (nSPS) is 12.2. The smallest absolute Gasteiger partial charge is 0.0426 e. The van der Waals surface area contributed by atoms with E-state index in [9.17, 15) is 0 Å². The van der Waals surface area contributed by atoms with Gasteiger partial charge in [-0.2, -0.15) is 0 Å². The number of nitrogens with zero attached hydrogens (tertiary/aromatic N) is 1. The molecule has 1 unspecified atom stereocenters. The largest absolute Gasteiger partial charge is 0.370 e. The topological polar surface area (TPSA) is 29.3 Å². The number of aryl methyl sites for hydroxylation is 2. The zero-order chi connectivity index (χ0) is 15.4. The van der Waals surface area contributed by atoms with Gasteiger partial charge in [-0.1, -0.05) is 42.0 Å². The van der Waals surface area contributed by atoms with E-state index in [0.717, 1.165) is 13.0 Å². The van der Waals surface area contributed by atoms with Crippen molar-refractivity contribution in [2.45, 2.75) is 39.8 Å². The maximum atomic E-state index is 5.88. The summed E-state index contributed by atoms with van der Waals surface area (Å²) in [6, 6.07) is 15.6.